The molecule has 0 radical (unpaired) electrons. The highest BCUT2D eigenvalue weighted by molar-refractivity contribution is 5.97. The summed E-state index contributed by atoms with van der Waals surface area (Å²) in [6.07, 6.45) is 3.55. The summed E-state index contributed by atoms with van der Waals surface area (Å²) in [4.78, 5) is 33.0. The van der Waals surface area contributed by atoms with Crippen LogP contribution in [0.1, 0.15) is 17.3 Å². The SMILES string of the molecule is CN1C(=O)C(Cc2ccccc2)NC(=O)C1c1cnc[nH]1. The Morgan fingerprint density at radius 1 is 1.24 bits per heavy atom. The lowest BCUT2D eigenvalue weighted by Crippen LogP contribution is -2.58. The van der Waals surface area contributed by atoms with Crippen molar-refractivity contribution < 1.29 is 9.59 Å². The number of hydrogen-bond donors (Lipinski definition) is 2. The number of carbonyl (C=O) groups is 2. The average molecular weight is 284 g/mol. The van der Waals surface area contributed by atoms with Crippen molar-refractivity contribution >= 4 is 11.8 Å². The Kier molecular flexibility index (Phi) is 3.43. The standard InChI is InChI=1S/C15H16N4O2/c1-19-13(12-8-16-9-17-12)14(20)18-11(15(19)21)7-10-5-3-2-4-6-10/h2-6,8-9,11,13H,7H2,1H3,(H,16,17)(H,18,20). The summed E-state index contributed by atoms with van der Waals surface area (Å²) in [5, 5.41) is 2.81. The molecule has 1 fully saturated rings. The predicted molar refractivity (Wildman–Crippen MR) is 76.2 cm³/mol. The number of hydrogen-bond acceptors (Lipinski definition) is 3. The van der Waals surface area contributed by atoms with Gasteiger partial charge in [0.25, 0.3) is 0 Å². The lowest BCUT2D eigenvalue weighted by atomic mass is 10.00. The van der Waals surface area contributed by atoms with Gasteiger partial charge < -0.3 is 15.2 Å². The second-order valence-electron chi connectivity index (χ2n) is 5.11. The number of rotatable bonds is 3. The number of imidazole rings is 1. The molecule has 2 aromatic rings. The highest BCUT2D eigenvalue weighted by atomic mass is 16.2. The van der Waals surface area contributed by atoms with Gasteiger partial charge in [-0.2, -0.15) is 0 Å². The van der Waals surface area contributed by atoms with Gasteiger partial charge >= 0.3 is 0 Å². The number of benzene rings is 1. The summed E-state index contributed by atoms with van der Waals surface area (Å²) in [7, 11) is 1.64. The molecule has 1 saturated heterocycles. The summed E-state index contributed by atoms with van der Waals surface area (Å²) >= 11 is 0. The second kappa shape index (κ2) is 5.40. The van der Waals surface area contributed by atoms with E-state index in [1.165, 1.54) is 11.2 Å². The highest BCUT2D eigenvalue weighted by Gasteiger charge is 2.39. The second-order valence-corrected chi connectivity index (χ2v) is 5.11. The largest absolute Gasteiger partial charge is 0.346 e. The van der Waals surface area contributed by atoms with Crippen molar-refractivity contribution in [2.75, 3.05) is 7.05 Å². The van der Waals surface area contributed by atoms with Gasteiger partial charge in [-0.1, -0.05) is 30.3 Å². The Bertz CT molecular complexity index is 639. The van der Waals surface area contributed by atoms with Crippen LogP contribution in [0.3, 0.4) is 0 Å². The predicted octanol–water partition coefficient (Wildman–Crippen LogP) is 0.650. The van der Waals surface area contributed by atoms with E-state index in [2.05, 4.69) is 15.3 Å². The summed E-state index contributed by atoms with van der Waals surface area (Å²) < 4.78 is 0. The molecule has 21 heavy (non-hydrogen) atoms. The van der Waals surface area contributed by atoms with Gasteiger partial charge in [0.1, 0.15) is 6.04 Å². The Hall–Kier alpha value is -2.63. The Morgan fingerprint density at radius 3 is 2.67 bits per heavy atom. The molecule has 0 saturated carbocycles. The van der Waals surface area contributed by atoms with E-state index in [-0.39, 0.29) is 11.8 Å². The van der Waals surface area contributed by atoms with Crippen LogP contribution in [0.15, 0.2) is 42.9 Å². The fraction of sp³-hybridized carbons (Fsp3) is 0.267. The van der Waals surface area contributed by atoms with Crippen LogP contribution in [0.25, 0.3) is 0 Å². The maximum absolute atomic E-state index is 12.5. The van der Waals surface area contributed by atoms with Gasteiger partial charge in [0.05, 0.1) is 18.2 Å². The fourth-order valence-corrected chi connectivity index (χ4v) is 2.62. The van der Waals surface area contributed by atoms with Crippen molar-refractivity contribution in [3.63, 3.8) is 0 Å². The molecule has 2 heterocycles. The molecule has 3 rings (SSSR count). The molecule has 1 aromatic heterocycles. The third-order valence-electron chi connectivity index (χ3n) is 3.69. The molecule has 108 valence electrons. The molecule has 0 spiro atoms. The number of aromatic nitrogens is 2. The first-order chi connectivity index (χ1) is 10.2. The number of carbonyl (C=O) groups excluding carboxylic acids is 2. The molecule has 2 unspecified atom stereocenters. The number of piperazine rings is 1. The van der Waals surface area contributed by atoms with Crippen LogP contribution >= 0.6 is 0 Å². The zero-order valence-electron chi connectivity index (χ0n) is 11.6. The first-order valence-corrected chi connectivity index (χ1v) is 6.76. The summed E-state index contributed by atoms with van der Waals surface area (Å²) in [5.74, 6) is -0.291. The fourth-order valence-electron chi connectivity index (χ4n) is 2.62. The highest BCUT2D eigenvalue weighted by Crippen LogP contribution is 2.23. The topological polar surface area (TPSA) is 78.1 Å². The first kappa shape index (κ1) is 13.4. The molecule has 6 heteroatoms. The molecular formula is C15H16N4O2. The van der Waals surface area contributed by atoms with Crippen LogP contribution in [-0.4, -0.2) is 39.8 Å². The van der Waals surface area contributed by atoms with Gasteiger partial charge in [0.15, 0.2) is 6.04 Å². The lowest BCUT2D eigenvalue weighted by Gasteiger charge is -2.36. The van der Waals surface area contributed by atoms with E-state index in [1.54, 1.807) is 13.2 Å². The molecule has 2 N–H and O–H groups in total. The maximum atomic E-state index is 12.5. The van der Waals surface area contributed by atoms with Crippen LogP contribution < -0.4 is 5.32 Å². The van der Waals surface area contributed by atoms with E-state index in [1.807, 2.05) is 30.3 Å². The Balaban J connectivity index is 1.79. The van der Waals surface area contributed by atoms with Gasteiger partial charge in [0, 0.05) is 13.5 Å². The summed E-state index contributed by atoms with van der Waals surface area (Å²) in [6, 6.07) is 8.48. The minimum atomic E-state index is -0.646. The monoisotopic (exact) mass is 284 g/mol. The molecule has 0 aliphatic carbocycles. The number of H-pyrrole nitrogens is 1. The average Bonchev–Trinajstić information content (AvgIpc) is 3.00. The van der Waals surface area contributed by atoms with Crippen molar-refractivity contribution in [1.29, 1.82) is 0 Å². The third kappa shape index (κ3) is 2.52. The summed E-state index contributed by atoms with van der Waals surface area (Å²) in [5.41, 5.74) is 1.63. The molecular weight excluding hydrogens is 268 g/mol. The molecule has 1 aliphatic heterocycles. The maximum Gasteiger partial charge on any atom is 0.249 e. The minimum Gasteiger partial charge on any atom is -0.346 e. The van der Waals surface area contributed by atoms with Crippen molar-refractivity contribution in [3.8, 4) is 0 Å². The molecule has 2 atom stereocenters. The Morgan fingerprint density at radius 2 is 2.00 bits per heavy atom. The number of likely N-dealkylation sites (N-methyl/N-ethyl adjacent to an activating group) is 1. The molecule has 6 nitrogen and oxygen atoms in total. The number of nitrogens with zero attached hydrogens (tertiary/aromatic N) is 2. The van der Waals surface area contributed by atoms with E-state index >= 15 is 0 Å². The number of nitrogens with one attached hydrogen (secondary N) is 2. The number of amides is 2. The van der Waals surface area contributed by atoms with Gasteiger partial charge in [-0.3, -0.25) is 9.59 Å². The zero-order valence-corrected chi connectivity index (χ0v) is 11.6. The van der Waals surface area contributed by atoms with E-state index < -0.39 is 12.1 Å². The molecule has 2 amide bonds. The van der Waals surface area contributed by atoms with Crippen LogP contribution in [0.2, 0.25) is 0 Å². The normalized spacial score (nSPS) is 22.2. The minimum absolute atomic E-state index is 0.0990. The van der Waals surface area contributed by atoms with E-state index in [0.717, 1.165) is 5.56 Å². The number of aromatic amines is 1. The first-order valence-electron chi connectivity index (χ1n) is 6.76. The van der Waals surface area contributed by atoms with E-state index in [9.17, 15) is 9.59 Å². The smallest absolute Gasteiger partial charge is 0.249 e. The van der Waals surface area contributed by atoms with Gasteiger partial charge in [-0.25, -0.2) is 4.98 Å². The van der Waals surface area contributed by atoms with Crippen molar-refractivity contribution in [3.05, 3.63) is 54.1 Å². The lowest BCUT2D eigenvalue weighted by molar-refractivity contribution is -0.148. The van der Waals surface area contributed by atoms with Gasteiger partial charge in [-0.05, 0) is 5.56 Å². The molecule has 1 aliphatic rings. The molecule has 1 aromatic carbocycles. The van der Waals surface area contributed by atoms with Crippen molar-refractivity contribution in [1.82, 2.24) is 20.2 Å². The van der Waals surface area contributed by atoms with E-state index in [0.29, 0.717) is 12.1 Å². The zero-order chi connectivity index (χ0) is 14.8. The quantitative estimate of drug-likeness (QED) is 0.868. The summed E-state index contributed by atoms with van der Waals surface area (Å²) in [6.45, 7) is 0. The van der Waals surface area contributed by atoms with Crippen LogP contribution in [0, 0.1) is 0 Å². The Labute approximate surface area is 122 Å². The van der Waals surface area contributed by atoms with Crippen LogP contribution in [0.4, 0.5) is 0 Å². The van der Waals surface area contributed by atoms with Crippen molar-refractivity contribution in [2.24, 2.45) is 0 Å². The molecule has 0 bridgehead atoms. The van der Waals surface area contributed by atoms with Crippen LogP contribution in [0.5, 0.6) is 0 Å². The van der Waals surface area contributed by atoms with E-state index in [4.69, 9.17) is 0 Å². The third-order valence-corrected chi connectivity index (χ3v) is 3.69. The van der Waals surface area contributed by atoms with Gasteiger partial charge in [-0.15, -0.1) is 0 Å². The van der Waals surface area contributed by atoms with Crippen LogP contribution in [-0.2, 0) is 16.0 Å². The van der Waals surface area contributed by atoms with Crippen molar-refractivity contribution in [2.45, 2.75) is 18.5 Å². The van der Waals surface area contributed by atoms with Gasteiger partial charge in [0.2, 0.25) is 11.8 Å².